The average molecular weight is 243 g/mol. The second kappa shape index (κ2) is 5.12. The molecule has 0 spiro atoms. The van der Waals surface area contributed by atoms with Crippen LogP contribution >= 0.6 is 0 Å². The van der Waals surface area contributed by atoms with Gasteiger partial charge in [-0.1, -0.05) is 30.3 Å². The van der Waals surface area contributed by atoms with Crippen LogP contribution in [0.2, 0.25) is 0 Å². The van der Waals surface area contributed by atoms with Crippen molar-refractivity contribution >= 4 is 11.5 Å². The Morgan fingerprint density at radius 1 is 1.22 bits per heavy atom. The molecule has 0 radical (unpaired) electrons. The zero-order chi connectivity index (χ0) is 13.0. The highest BCUT2D eigenvalue weighted by Gasteiger charge is 2.32. The van der Waals surface area contributed by atoms with E-state index in [1.807, 2.05) is 0 Å². The van der Waals surface area contributed by atoms with Crippen LogP contribution in [0.5, 0.6) is 0 Å². The molecule has 5 nitrogen and oxygen atoms in total. The Kier molecular flexibility index (Phi) is 3.36. The summed E-state index contributed by atoms with van der Waals surface area (Å²) in [6.45, 7) is 0. The first-order chi connectivity index (χ1) is 8.74. The quantitative estimate of drug-likeness (QED) is 0.469. The van der Waals surface area contributed by atoms with E-state index in [1.165, 1.54) is 12.3 Å². The summed E-state index contributed by atoms with van der Waals surface area (Å²) < 4.78 is 5.02. The van der Waals surface area contributed by atoms with E-state index >= 15 is 0 Å². The monoisotopic (exact) mass is 243 g/mol. The number of hydrogen-bond acceptors (Lipinski definition) is 4. The van der Waals surface area contributed by atoms with E-state index in [0.717, 1.165) is 0 Å². The van der Waals surface area contributed by atoms with Gasteiger partial charge in [-0.15, -0.1) is 0 Å². The first kappa shape index (κ1) is 11.8. The Morgan fingerprint density at radius 3 is 2.44 bits per heavy atom. The van der Waals surface area contributed by atoms with Crippen molar-refractivity contribution in [1.82, 2.24) is 0 Å². The van der Waals surface area contributed by atoms with E-state index in [2.05, 4.69) is 0 Å². The summed E-state index contributed by atoms with van der Waals surface area (Å²) >= 11 is 0. The number of nitrogens with zero attached hydrogens (tertiary/aromatic N) is 1. The Hall–Kier alpha value is -2.65. The van der Waals surface area contributed by atoms with Gasteiger partial charge in [0.15, 0.2) is 5.76 Å². The van der Waals surface area contributed by atoms with E-state index in [9.17, 15) is 14.9 Å². The fraction of sp³-hybridized carbons (Fsp3) is 0.0769. The van der Waals surface area contributed by atoms with Crippen LogP contribution in [0.3, 0.4) is 0 Å². The highest BCUT2D eigenvalue weighted by atomic mass is 16.6. The lowest BCUT2D eigenvalue weighted by molar-refractivity contribution is -0.514. The number of benzene rings is 1. The summed E-state index contributed by atoms with van der Waals surface area (Å²) in [7, 11) is 0. The van der Waals surface area contributed by atoms with Gasteiger partial charge in [0.2, 0.25) is 0 Å². The van der Waals surface area contributed by atoms with Crippen molar-refractivity contribution in [2.45, 2.75) is 6.04 Å². The van der Waals surface area contributed by atoms with Crippen molar-refractivity contribution in [3.8, 4) is 0 Å². The molecule has 0 fully saturated rings. The molecule has 0 aliphatic carbocycles. The van der Waals surface area contributed by atoms with Gasteiger partial charge in [0.05, 0.1) is 6.26 Å². The van der Waals surface area contributed by atoms with E-state index in [-0.39, 0.29) is 11.3 Å². The molecule has 2 rings (SSSR count). The zero-order valence-electron chi connectivity index (χ0n) is 9.28. The Bertz CT molecular complexity index is 583. The number of nitro groups is 1. The Labute approximate surface area is 103 Å². The summed E-state index contributed by atoms with van der Waals surface area (Å²) in [4.78, 5) is 21.6. The molecule has 0 saturated carbocycles. The van der Waals surface area contributed by atoms with Crippen LogP contribution in [0.1, 0.15) is 17.4 Å². The molecule has 0 aliphatic rings. The predicted molar refractivity (Wildman–Crippen MR) is 64.0 cm³/mol. The van der Waals surface area contributed by atoms with Crippen LogP contribution in [-0.4, -0.2) is 10.9 Å². The minimum Gasteiger partial charge on any atom is -0.462 e. The summed E-state index contributed by atoms with van der Waals surface area (Å²) in [5.74, 6) is 1.77. The molecule has 90 valence electrons. The molecule has 18 heavy (non-hydrogen) atoms. The maximum Gasteiger partial charge on any atom is 0.305 e. The summed E-state index contributed by atoms with van der Waals surface area (Å²) in [5.41, 5.74) is 0.418. The molecule has 1 atom stereocenters. The molecule has 0 aliphatic heterocycles. The highest BCUT2D eigenvalue weighted by Crippen LogP contribution is 2.30. The standard InChI is InChI=1S/C13H9NO4/c15-9-11(10-5-2-1-3-6-10)13(14(16)17)12-7-4-8-18-12/h1-8,13H. The summed E-state index contributed by atoms with van der Waals surface area (Å²) in [5, 5.41) is 11.1. The lowest BCUT2D eigenvalue weighted by Crippen LogP contribution is -2.12. The number of rotatable bonds is 4. The van der Waals surface area contributed by atoms with Gasteiger partial charge >= 0.3 is 6.04 Å². The molecule has 1 aromatic heterocycles. The van der Waals surface area contributed by atoms with Gasteiger partial charge in [0.25, 0.3) is 0 Å². The third kappa shape index (κ3) is 2.21. The highest BCUT2D eigenvalue weighted by molar-refractivity contribution is 5.89. The maximum absolute atomic E-state index is 11.1. The van der Waals surface area contributed by atoms with Gasteiger partial charge in [-0.3, -0.25) is 10.1 Å². The summed E-state index contributed by atoms with van der Waals surface area (Å²) in [6, 6.07) is 10.1. The van der Waals surface area contributed by atoms with Crippen molar-refractivity contribution in [3.05, 3.63) is 70.2 Å². The molecule has 5 heteroatoms. The van der Waals surface area contributed by atoms with Crippen molar-refractivity contribution in [2.75, 3.05) is 0 Å². The smallest absolute Gasteiger partial charge is 0.305 e. The maximum atomic E-state index is 11.1. The van der Waals surface area contributed by atoms with Gasteiger partial charge in [-0.05, 0) is 17.7 Å². The second-order valence-electron chi connectivity index (χ2n) is 3.59. The van der Waals surface area contributed by atoms with Crippen molar-refractivity contribution in [1.29, 1.82) is 0 Å². The number of furan rings is 1. The first-order valence-electron chi connectivity index (χ1n) is 5.21. The van der Waals surface area contributed by atoms with E-state index in [0.29, 0.717) is 5.56 Å². The molecule has 0 bridgehead atoms. The molecule has 1 aromatic carbocycles. The largest absolute Gasteiger partial charge is 0.462 e. The fourth-order valence-corrected chi connectivity index (χ4v) is 1.69. The van der Waals surface area contributed by atoms with E-state index in [4.69, 9.17) is 4.42 Å². The second-order valence-corrected chi connectivity index (χ2v) is 3.59. The Morgan fingerprint density at radius 2 is 1.94 bits per heavy atom. The normalized spacial score (nSPS) is 11.6. The van der Waals surface area contributed by atoms with Gasteiger partial charge in [0.1, 0.15) is 11.5 Å². The SMILES string of the molecule is O=C=C(c1ccccc1)C(c1ccco1)[N+](=O)[O-]. The third-order valence-corrected chi connectivity index (χ3v) is 2.49. The predicted octanol–water partition coefficient (Wildman–Crippen LogP) is 2.51. The lowest BCUT2D eigenvalue weighted by Gasteiger charge is -2.08. The minimum atomic E-state index is -1.33. The molecular weight excluding hydrogens is 234 g/mol. The third-order valence-electron chi connectivity index (χ3n) is 2.49. The molecular formula is C13H9NO4. The molecule has 2 aromatic rings. The Balaban J connectivity index is 2.49. The van der Waals surface area contributed by atoms with Crippen LogP contribution < -0.4 is 0 Å². The van der Waals surface area contributed by atoms with Gasteiger partial charge in [-0.25, -0.2) is 4.79 Å². The van der Waals surface area contributed by atoms with Crippen molar-refractivity contribution < 1.29 is 14.1 Å². The van der Waals surface area contributed by atoms with E-state index < -0.39 is 11.0 Å². The first-order valence-corrected chi connectivity index (χ1v) is 5.21. The zero-order valence-corrected chi connectivity index (χ0v) is 9.28. The summed E-state index contributed by atoms with van der Waals surface area (Å²) in [6.07, 6.45) is 1.33. The van der Waals surface area contributed by atoms with Gasteiger partial charge in [0, 0.05) is 4.92 Å². The van der Waals surface area contributed by atoms with E-state index in [1.54, 1.807) is 42.3 Å². The molecule has 0 saturated heterocycles. The van der Waals surface area contributed by atoms with Gasteiger partial charge < -0.3 is 4.42 Å². The molecule has 0 N–H and O–H groups in total. The van der Waals surface area contributed by atoms with Crippen LogP contribution in [0.25, 0.3) is 5.57 Å². The number of carbonyl (C=O) groups excluding carboxylic acids is 1. The van der Waals surface area contributed by atoms with Crippen molar-refractivity contribution in [3.63, 3.8) is 0 Å². The van der Waals surface area contributed by atoms with Crippen LogP contribution in [-0.2, 0) is 4.79 Å². The van der Waals surface area contributed by atoms with Crippen LogP contribution in [0.4, 0.5) is 0 Å². The molecule has 1 heterocycles. The minimum absolute atomic E-state index is 0.0458. The average Bonchev–Trinajstić information content (AvgIpc) is 2.89. The van der Waals surface area contributed by atoms with Gasteiger partial charge in [-0.2, -0.15) is 0 Å². The van der Waals surface area contributed by atoms with Crippen LogP contribution in [0, 0.1) is 10.1 Å². The lowest BCUT2D eigenvalue weighted by atomic mass is 9.99. The number of hydrogen-bond donors (Lipinski definition) is 0. The van der Waals surface area contributed by atoms with Crippen molar-refractivity contribution in [2.24, 2.45) is 0 Å². The topological polar surface area (TPSA) is 73.3 Å². The van der Waals surface area contributed by atoms with Crippen LogP contribution in [0.15, 0.2) is 53.1 Å². The molecule has 0 amide bonds. The molecule has 1 unspecified atom stereocenters. The fourth-order valence-electron chi connectivity index (χ4n) is 1.69.